The Bertz CT molecular complexity index is 1010. The number of rotatable bonds is 6. The molecule has 4 nitrogen and oxygen atoms in total. The molecule has 1 heterocycles. The lowest BCUT2D eigenvalue weighted by atomic mass is 10.2. The molecule has 0 radical (unpaired) electrons. The topological polar surface area (TPSA) is 46.9 Å². The summed E-state index contributed by atoms with van der Waals surface area (Å²) in [6.07, 6.45) is -3.03. The Hall–Kier alpha value is -2.45. The highest BCUT2D eigenvalue weighted by atomic mass is 35.5. The van der Waals surface area contributed by atoms with Crippen LogP contribution < -0.4 is 5.32 Å². The minimum absolute atomic E-state index is 0.0882. The maximum absolute atomic E-state index is 13.1. The summed E-state index contributed by atoms with van der Waals surface area (Å²) >= 11 is 6.98. The lowest BCUT2D eigenvalue weighted by Gasteiger charge is -2.14. The van der Waals surface area contributed by atoms with Crippen LogP contribution in [0, 0.1) is 6.92 Å². The molecular weight excluding hydrogens is 423 g/mol. The van der Waals surface area contributed by atoms with Gasteiger partial charge in [-0.25, -0.2) is 4.98 Å². The van der Waals surface area contributed by atoms with Gasteiger partial charge in [0.15, 0.2) is 5.16 Å². The maximum atomic E-state index is 13.1. The molecule has 1 amide bonds. The van der Waals surface area contributed by atoms with Crippen molar-refractivity contribution in [3.63, 3.8) is 0 Å². The van der Waals surface area contributed by atoms with Crippen LogP contribution >= 0.6 is 23.4 Å². The van der Waals surface area contributed by atoms with Crippen LogP contribution in [0.4, 0.5) is 18.9 Å². The highest BCUT2D eigenvalue weighted by Crippen LogP contribution is 2.30. The molecule has 3 rings (SSSR count). The molecule has 29 heavy (non-hydrogen) atoms. The summed E-state index contributed by atoms with van der Waals surface area (Å²) in [6, 6.07) is 13.8. The van der Waals surface area contributed by atoms with Crippen molar-refractivity contribution in [3.8, 4) is 11.3 Å². The Kier molecular flexibility index (Phi) is 6.54. The molecule has 3 aromatic rings. The molecule has 0 saturated carbocycles. The number of anilines is 1. The number of amides is 1. The molecule has 152 valence electrons. The average molecular weight is 440 g/mol. The van der Waals surface area contributed by atoms with Crippen LogP contribution in [0.15, 0.2) is 59.9 Å². The Morgan fingerprint density at radius 3 is 2.59 bits per heavy atom. The van der Waals surface area contributed by atoms with Gasteiger partial charge in [0.2, 0.25) is 5.91 Å². The van der Waals surface area contributed by atoms with Crippen LogP contribution in [0.2, 0.25) is 5.02 Å². The molecule has 1 N–H and O–H groups in total. The molecule has 0 aliphatic carbocycles. The third kappa shape index (κ3) is 5.55. The van der Waals surface area contributed by atoms with Gasteiger partial charge in [-0.3, -0.25) is 4.79 Å². The zero-order valence-electron chi connectivity index (χ0n) is 15.3. The van der Waals surface area contributed by atoms with Gasteiger partial charge >= 0.3 is 6.18 Å². The summed E-state index contributed by atoms with van der Waals surface area (Å²) < 4.78 is 40.4. The van der Waals surface area contributed by atoms with E-state index in [-0.39, 0.29) is 16.8 Å². The highest BCUT2D eigenvalue weighted by Gasteiger charge is 2.31. The molecule has 0 bridgehead atoms. The fraction of sp³-hybridized carbons (Fsp3) is 0.200. The lowest BCUT2D eigenvalue weighted by Crippen LogP contribution is -2.20. The molecule has 0 atom stereocenters. The van der Waals surface area contributed by atoms with Crippen molar-refractivity contribution >= 4 is 35.0 Å². The quantitative estimate of drug-likeness (QED) is 0.493. The van der Waals surface area contributed by atoms with Crippen LogP contribution in [0.5, 0.6) is 0 Å². The molecule has 9 heteroatoms. The molecule has 0 aliphatic heterocycles. The SMILES string of the molecule is Cc1c(Cl)cccc1NC(=O)CSc1ncc(-c2ccccc2)n1CC(F)(F)F. The summed E-state index contributed by atoms with van der Waals surface area (Å²) in [7, 11) is 0. The number of alkyl halides is 3. The average Bonchev–Trinajstić information content (AvgIpc) is 3.05. The van der Waals surface area contributed by atoms with E-state index in [0.29, 0.717) is 22.0 Å². The van der Waals surface area contributed by atoms with Crippen LogP contribution in [-0.4, -0.2) is 27.4 Å². The molecule has 0 spiro atoms. The smallest absolute Gasteiger partial charge is 0.325 e. The van der Waals surface area contributed by atoms with E-state index in [4.69, 9.17) is 11.6 Å². The first-order chi connectivity index (χ1) is 13.7. The lowest BCUT2D eigenvalue weighted by molar-refractivity contribution is -0.141. The maximum Gasteiger partial charge on any atom is 0.406 e. The monoisotopic (exact) mass is 439 g/mol. The number of carbonyl (C=O) groups is 1. The second kappa shape index (κ2) is 8.92. The summed E-state index contributed by atoms with van der Waals surface area (Å²) in [5.74, 6) is -0.446. The van der Waals surface area contributed by atoms with E-state index in [1.807, 2.05) is 0 Å². The van der Waals surface area contributed by atoms with Crippen molar-refractivity contribution in [2.45, 2.75) is 24.8 Å². The second-order valence-electron chi connectivity index (χ2n) is 6.24. The summed E-state index contributed by atoms with van der Waals surface area (Å²) in [5, 5.41) is 3.37. The van der Waals surface area contributed by atoms with E-state index < -0.39 is 12.7 Å². The van der Waals surface area contributed by atoms with Gasteiger partial charge in [-0.1, -0.05) is 59.8 Å². The first kappa shape index (κ1) is 21.3. The first-order valence-corrected chi connectivity index (χ1v) is 9.96. The van der Waals surface area contributed by atoms with Crippen molar-refractivity contribution in [1.29, 1.82) is 0 Å². The van der Waals surface area contributed by atoms with Gasteiger partial charge in [-0.2, -0.15) is 13.2 Å². The standard InChI is InChI=1S/C20H17ClF3N3OS/c1-13-15(21)8-5-9-16(13)26-18(28)11-29-19-25-10-17(14-6-3-2-4-7-14)27(19)12-20(22,23)24/h2-10H,11-12H2,1H3,(H,26,28). The molecule has 0 saturated heterocycles. The first-order valence-electron chi connectivity index (χ1n) is 8.60. The Balaban J connectivity index is 1.77. The summed E-state index contributed by atoms with van der Waals surface area (Å²) in [6.45, 7) is 0.585. The number of nitrogens with zero attached hydrogens (tertiary/aromatic N) is 2. The number of benzene rings is 2. The Labute approximate surface area is 175 Å². The van der Waals surface area contributed by atoms with Gasteiger partial charge in [0.05, 0.1) is 17.6 Å². The van der Waals surface area contributed by atoms with Crippen molar-refractivity contribution in [1.82, 2.24) is 9.55 Å². The summed E-state index contributed by atoms with van der Waals surface area (Å²) in [5.41, 5.74) is 2.25. The molecule has 1 aromatic heterocycles. The number of nitrogens with one attached hydrogen (secondary N) is 1. The molecule has 0 fully saturated rings. The number of hydrogen-bond donors (Lipinski definition) is 1. The zero-order valence-corrected chi connectivity index (χ0v) is 16.9. The third-order valence-corrected chi connectivity index (χ3v) is 5.50. The van der Waals surface area contributed by atoms with E-state index >= 15 is 0 Å². The predicted molar refractivity (Wildman–Crippen MR) is 109 cm³/mol. The largest absolute Gasteiger partial charge is 0.406 e. The fourth-order valence-corrected chi connectivity index (χ4v) is 3.66. The van der Waals surface area contributed by atoms with Gasteiger partial charge in [-0.05, 0) is 30.2 Å². The van der Waals surface area contributed by atoms with Crippen LogP contribution in [0.3, 0.4) is 0 Å². The predicted octanol–water partition coefficient (Wildman–Crippen LogP) is 5.81. The number of carbonyl (C=O) groups excluding carboxylic acids is 1. The van der Waals surface area contributed by atoms with Gasteiger partial charge in [0.25, 0.3) is 0 Å². The van der Waals surface area contributed by atoms with Crippen LogP contribution in [0.1, 0.15) is 5.56 Å². The molecule has 2 aromatic carbocycles. The van der Waals surface area contributed by atoms with Gasteiger partial charge in [-0.15, -0.1) is 0 Å². The Morgan fingerprint density at radius 1 is 1.17 bits per heavy atom. The van der Waals surface area contributed by atoms with Crippen molar-refractivity contribution in [2.24, 2.45) is 0 Å². The van der Waals surface area contributed by atoms with Gasteiger partial charge in [0, 0.05) is 10.7 Å². The van der Waals surface area contributed by atoms with E-state index in [0.717, 1.165) is 21.9 Å². The van der Waals surface area contributed by atoms with E-state index in [1.54, 1.807) is 55.5 Å². The van der Waals surface area contributed by atoms with Crippen molar-refractivity contribution < 1.29 is 18.0 Å². The second-order valence-corrected chi connectivity index (χ2v) is 7.59. The molecule has 0 aliphatic rings. The third-order valence-electron chi connectivity index (χ3n) is 4.10. The van der Waals surface area contributed by atoms with Crippen LogP contribution in [0.25, 0.3) is 11.3 Å². The number of halogens is 4. The molecule has 0 unspecified atom stereocenters. The van der Waals surface area contributed by atoms with Crippen molar-refractivity contribution in [2.75, 3.05) is 11.1 Å². The fourth-order valence-electron chi connectivity index (χ4n) is 2.70. The zero-order chi connectivity index (χ0) is 21.0. The van der Waals surface area contributed by atoms with Crippen LogP contribution in [-0.2, 0) is 11.3 Å². The van der Waals surface area contributed by atoms with Gasteiger partial charge in [0.1, 0.15) is 6.54 Å². The van der Waals surface area contributed by atoms with E-state index in [2.05, 4.69) is 10.3 Å². The highest BCUT2D eigenvalue weighted by molar-refractivity contribution is 7.99. The Morgan fingerprint density at radius 2 is 1.90 bits per heavy atom. The number of aromatic nitrogens is 2. The van der Waals surface area contributed by atoms with E-state index in [9.17, 15) is 18.0 Å². The molecular formula is C20H17ClF3N3OS. The minimum atomic E-state index is -4.42. The van der Waals surface area contributed by atoms with Gasteiger partial charge < -0.3 is 9.88 Å². The number of thioether (sulfide) groups is 1. The number of imidazole rings is 1. The summed E-state index contributed by atoms with van der Waals surface area (Å²) in [4.78, 5) is 16.4. The minimum Gasteiger partial charge on any atom is -0.325 e. The van der Waals surface area contributed by atoms with E-state index in [1.165, 1.54) is 6.20 Å². The normalized spacial score (nSPS) is 11.5. The number of hydrogen-bond acceptors (Lipinski definition) is 3. The van der Waals surface area contributed by atoms with Crippen molar-refractivity contribution in [3.05, 3.63) is 65.3 Å².